The fourth-order valence-corrected chi connectivity index (χ4v) is 4.17. The third-order valence-electron chi connectivity index (χ3n) is 4.25. The van der Waals surface area contributed by atoms with Crippen molar-refractivity contribution in [2.24, 2.45) is 5.41 Å². The number of hydrogen-bond acceptors (Lipinski definition) is 2. The highest BCUT2D eigenvalue weighted by Gasteiger charge is 2.52. The van der Waals surface area contributed by atoms with Crippen LogP contribution in [-0.4, -0.2) is 30.2 Å². The molecule has 1 saturated carbocycles. The summed E-state index contributed by atoms with van der Waals surface area (Å²) in [5.41, 5.74) is 0.378. The molecule has 2 nitrogen and oxygen atoms in total. The van der Waals surface area contributed by atoms with Crippen LogP contribution in [0.15, 0.2) is 0 Å². The van der Waals surface area contributed by atoms with Gasteiger partial charge in [-0.2, -0.15) is 0 Å². The summed E-state index contributed by atoms with van der Waals surface area (Å²) in [7, 11) is 0. The Labute approximate surface area is 101 Å². The van der Waals surface area contributed by atoms with E-state index in [0.29, 0.717) is 22.5 Å². The lowest BCUT2D eigenvalue weighted by Gasteiger charge is -2.53. The molecule has 2 rings (SSSR count). The van der Waals surface area contributed by atoms with Crippen LogP contribution in [0.2, 0.25) is 0 Å². The molecular weight excluding hydrogens is 256 g/mol. The van der Waals surface area contributed by atoms with Crippen LogP contribution < -0.4 is 0 Å². The van der Waals surface area contributed by atoms with E-state index in [1.165, 1.54) is 12.8 Å². The van der Waals surface area contributed by atoms with E-state index in [2.05, 4.69) is 29.8 Å². The number of hydrogen-bond donors (Lipinski definition) is 0. The monoisotopic (exact) mass is 276 g/mol. The third kappa shape index (κ3) is 1.98. The Morgan fingerprint density at radius 3 is 2.60 bits per heavy atom. The molecule has 0 radical (unpaired) electrons. The van der Waals surface area contributed by atoms with Crippen molar-refractivity contribution in [2.45, 2.75) is 56.6 Å². The lowest BCUT2D eigenvalue weighted by Crippen LogP contribution is -2.56. The van der Waals surface area contributed by atoms with Gasteiger partial charge in [0.2, 0.25) is 0 Å². The molecule has 0 aromatic carbocycles. The predicted octanol–water partition coefficient (Wildman–Crippen LogP) is 3.13. The second kappa shape index (κ2) is 4.72. The zero-order chi connectivity index (χ0) is 10.9. The van der Waals surface area contributed by atoms with Gasteiger partial charge in [0, 0.05) is 16.8 Å². The van der Waals surface area contributed by atoms with Gasteiger partial charge in [-0.15, -0.1) is 0 Å². The van der Waals surface area contributed by atoms with Crippen molar-refractivity contribution in [3.63, 3.8) is 0 Å². The lowest BCUT2D eigenvalue weighted by atomic mass is 9.62. The normalized spacial score (nSPS) is 39.0. The molecule has 3 unspecified atom stereocenters. The van der Waals surface area contributed by atoms with Crippen LogP contribution in [0.25, 0.3) is 0 Å². The summed E-state index contributed by atoms with van der Waals surface area (Å²) in [5.74, 6) is 0. The van der Waals surface area contributed by atoms with Crippen LogP contribution in [0.4, 0.5) is 0 Å². The van der Waals surface area contributed by atoms with Crippen molar-refractivity contribution in [3.05, 3.63) is 0 Å². The Hall–Kier alpha value is 0.400. The van der Waals surface area contributed by atoms with Gasteiger partial charge in [-0.3, -0.25) is 0 Å². The van der Waals surface area contributed by atoms with E-state index in [9.17, 15) is 0 Å². The minimum Gasteiger partial charge on any atom is -0.379 e. The summed E-state index contributed by atoms with van der Waals surface area (Å²) >= 11 is 3.78. The molecule has 0 aromatic heterocycles. The Balaban J connectivity index is 1.92. The van der Waals surface area contributed by atoms with Crippen molar-refractivity contribution in [1.29, 1.82) is 0 Å². The molecule has 2 fully saturated rings. The molecule has 15 heavy (non-hydrogen) atoms. The molecule has 1 saturated heterocycles. The third-order valence-corrected chi connectivity index (χ3v) is 5.53. The van der Waals surface area contributed by atoms with Crippen molar-refractivity contribution in [1.82, 2.24) is 0 Å². The Kier molecular flexibility index (Phi) is 3.74. The number of rotatable bonds is 4. The summed E-state index contributed by atoms with van der Waals surface area (Å²) in [4.78, 5) is 0.646. The van der Waals surface area contributed by atoms with Crippen LogP contribution in [0, 0.1) is 5.41 Å². The quantitative estimate of drug-likeness (QED) is 0.735. The molecule has 2 aliphatic rings. The maximum Gasteiger partial charge on any atom is 0.0834 e. The fraction of sp³-hybridized carbons (Fsp3) is 1.00. The molecule has 1 heterocycles. The molecule has 3 heteroatoms. The summed E-state index contributed by atoms with van der Waals surface area (Å²) in [6, 6.07) is 0. The van der Waals surface area contributed by atoms with Crippen molar-refractivity contribution in [2.75, 3.05) is 13.2 Å². The van der Waals surface area contributed by atoms with Gasteiger partial charge < -0.3 is 9.47 Å². The molecule has 1 aliphatic carbocycles. The van der Waals surface area contributed by atoms with Crippen LogP contribution in [0.5, 0.6) is 0 Å². The van der Waals surface area contributed by atoms with E-state index in [1.807, 2.05) is 0 Å². The van der Waals surface area contributed by atoms with Gasteiger partial charge in [-0.1, -0.05) is 29.8 Å². The van der Waals surface area contributed by atoms with Crippen molar-refractivity contribution >= 4 is 15.9 Å². The molecule has 0 aromatic rings. The maximum absolute atomic E-state index is 6.16. The van der Waals surface area contributed by atoms with E-state index in [4.69, 9.17) is 9.47 Å². The maximum atomic E-state index is 6.16. The summed E-state index contributed by atoms with van der Waals surface area (Å²) < 4.78 is 11.5. The van der Waals surface area contributed by atoms with E-state index in [1.54, 1.807) is 0 Å². The SMILES string of the molecule is CCC1(CC)C(Br)CC1OC1CCOC1. The van der Waals surface area contributed by atoms with E-state index < -0.39 is 0 Å². The second-order valence-electron chi connectivity index (χ2n) is 4.75. The van der Waals surface area contributed by atoms with Crippen LogP contribution in [0.3, 0.4) is 0 Å². The van der Waals surface area contributed by atoms with Crippen LogP contribution in [0.1, 0.15) is 39.5 Å². The van der Waals surface area contributed by atoms with Crippen molar-refractivity contribution < 1.29 is 9.47 Å². The van der Waals surface area contributed by atoms with Gasteiger partial charge in [0.25, 0.3) is 0 Å². The number of ether oxygens (including phenoxy) is 2. The molecule has 0 bridgehead atoms. The summed E-state index contributed by atoms with van der Waals surface area (Å²) in [6.45, 7) is 6.23. The number of halogens is 1. The Bertz CT molecular complexity index is 210. The zero-order valence-corrected chi connectivity index (χ0v) is 11.3. The smallest absolute Gasteiger partial charge is 0.0834 e. The zero-order valence-electron chi connectivity index (χ0n) is 9.67. The molecule has 0 amide bonds. The Morgan fingerprint density at radius 1 is 1.40 bits per heavy atom. The van der Waals surface area contributed by atoms with Gasteiger partial charge in [-0.05, 0) is 25.7 Å². The number of alkyl halides is 1. The lowest BCUT2D eigenvalue weighted by molar-refractivity contribution is -0.139. The highest BCUT2D eigenvalue weighted by atomic mass is 79.9. The Morgan fingerprint density at radius 2 is 2.13 bits per heavy atom. The van der Waals surface area contributed by atoms with Crippen molar-refractivity contribution in [3.8, 4) is 0 Å². The van der Waals surface area contributed by atoms with Gasteiger partial charge in [0.1, 0.15) is 0 Å². The second-order valence-corrected chi connectivity index (χ2v) is 5.86. The molecule has 0 N–H and O–H groups in total. The first-order chi connectivity index (χ1) is 7.23. The first kappa shape index (κ1) is 11.9. The molecular formula is C12H21BrO2. The molecule has 88 valence electrons. The topological polar surface area (TPSA) is 18.5 Å². The highest BCUT2D eigenvalue weighted by molar-refractivity contribution is 9.09. The van der Waals surface area contributed by atoms with Gasteiger partial charge >= 0.3 is 0 Å². The van der Waals surface area contributed by atoms with Gasteiger partial charge in [0.05, 0.1) is 18.8 Å². The minimum absolute atomic E-state index is 0.354. The summed E-state index contributed by atoms with van der Waals surface area (Å²) in [6.07, 6.45) is 5.46. The van der Waals surface area contributed by atoms with Gasteiger partial charge in [-0.25, -0.2) is 0 Å². The molecule has 0 spiro atoms. The van der Waals surface area contributed by atoms with Crippen LogP contribution >= 0.6 is 15.9 Å². The first-order valence-electron chi connectivity index (χ1n) is 6.10. The van der Waals surface area contributed by atoms with E-state index in [-0.39, 0.29) is 0 Å². The standard InChI is InChI=1S/C12H21BrO2/c1-3-12(4-2)10(13)7-11(12)15-9-5-6-14-8-9/h9-11H,3-8H2,1-2H3. The highest BCUT2D eigenvalue weighted by Crippen LogP contribution is 2.53. The average Bonchev–Trinajstić information content (AvgIpc) is 2.72. The molecule has 1 aliphatic heterocycles. The molecule has 3 atom stereocenters. The van der Waals surface area contributed by atoms with Crippen LogP contribution in [-0.2, 0) is 9.47 Å². The first-order valence-corrected chi connectivity index (χ1v) is 7.01. The summed E-state index contributed by atoms with van der Waals surface area (Å²) in [5, 5.41) is 0. The van der Waals surface area contributed by atoms with E-state index in [0.717, 1.165) is 26.1 Å². The predicted molar refractivity (Wildman–Crippen MR) is 64.4 cm³/mol. The fourth-order valence-electron chi connectivity index (χ4n) is 2.89. The van der Waals surface area contributed by atoms with Gasteiger partial charge in [0.15, 0.2) is 0 Å². The average molecular weight is 277 g/mol. The largest absolute Gasteiger partial charge is 0.379 e. The van der Waals surface area contributed by atoms with E-state index >= 15 is 0 Å². The minimum atomic E-state index is 0.354.